The van der Waals surface area contributed by atoms with Gasteiger partial charge < -0.3 is 14.4 Å². The van der Waals surface area contributed by atoms with Gasteiger partial charge in [-0.3, -0.25) is 0 Å². The van der Waals surface area contributed by atoms with E-state index in [4.69, 9.17) is 12.6 Å². The Balaban J connectivity index is 0.000000216. The van der Waals surface area contributed by atoms with Crippen molar-refractivity contribution in [2.24, 2.45) is 0 Å². The summed E-state index contributed by atoms with van der Waals surface area (Å²) in [5.41, 5.74) is 4.49. The fraction of sp³-hybridized carbons (Fsp3) is 0.250. The smallest absolute Gasteiger partial charge is 0.216 e. The molecule has 7 heteroatoms. The molecule has 0 N–H and O–H groups in total. The number of aromatic nitrogens is 3. The Kier molecular flexibility index (Phi) is 7.30. The van der Waals surface area contributed by atoms with Crippen molar-refractivity contribution >= 4 is 35.3 Å². The number of nitrogens with zero attached hydrogens (tertiary/aromatic N) is 3. The second-order valence-corrected chi connectivity index (χ2v) is 17.2. The maximum atomic E-state index is 14.2. The van der Waals surface area contributed by atoms with Crippen molar-refractivity contribution in [1.82, 2.24) is 15.0 Å². The molecule has 0 spiro atoms. The molecule has 0 bridgehead atoms. The third kappa shape index (κ3) is 7.01. The summed E-state index contributed by atoms with van der Waals surface area (Å²) in [4.78, 5) is 12.9. The quantitative estimate of drug-likeness (QED) is 0.133. The first-order valence-electron chi connectivity index (χ1n) is 16.6. The summed E-state index contributed by atoms with van der Waals surface area (Å²) in [5.74, 6) is -0.301. The second kappa shape index (κ2) is 12.6. The van der Waals surface area contributed by atoms with Gasteiger partial charge in [-0.15, -0.1) is 53.6 Å². The van der Waals surface area contributed by atoms with E-state index in [0.717, 1.165) is 21.5 Å². The van der Waals surface area contributed by atoms with Crippen LogP contribution in [0.3, 0.4) is 0 Å². The Bertz CT molecular complexity index is 2100. The van der Waals surface area contributed by atoms with E-state index in [9.17, 15) is 4.39 Å². The van der Waals surface area contributed by atoms with Crippen LogP contribution in [-0.2, 0) is 25.5 Å². The normalized spacial score (nSPS) is 14.3. The van der Waals surface area contributed by atoms with Gasteiger partial charge in [-0.2, -0.15) is 0 Å². The molecule has 0 saturated carbocycles. The molecule has 2 aromatic carbocycles. The molecule has 4 heterocycles. The van der Waals surface area contributed by atoms with Gasteiger partial charge in [0, 0.05) is 46.1 Å². The van der Waals surface area contributed by atoms with Gasteiger partial charge in [-0.05, 0) is 46.5 Å². The van der Waals surface area contributed by atoms with Crippen molar-refractivity contribution in [3.8, 4) is 22.5 Å². The van der Waals surface area contributed by atoms with Crippen LogP contribution in [-0.4, -0.2) is 23.0 Å². The number of pyridine rings is 3. The summed E-state index contributed by atoms with van der Waals surface area (Å²) in [7, 11) is -1.85. The third-order valence-corrected chi connectivity index (χ3v) is 8.94. The van der Waals surface area contributed by atoms with E-state index in [1.807, 2.05) is 45.0 Å². The van der Waals surface area contributed by atoms with Gasteiger partial charge in [-0.25, -0.2) is 9.37 Å². The average molecular weight is 772 g/mol. The van der Waals surface area contributed by atoms with Crippen LogP contribution in [0.25, 0.3) is 44.6 Å². The number of halogens is 1. The minimum absolute atomic E-state index is 0. The molecule has 4 aromatic heterocycles. The molecule has 0 aliphatic carbocycles. The molecule has 0 atom stereocenters. The van der Waals surface area contributed by atoms with E-state index >= 15 is 0 Å². The second-order valence-electron chi connectivity index (χ2n) is 12.2. The number of furan rings is 1. The predicted octanol–water partition coefficient (Wildman–Crippen LogP) is 8.99. The fourth-order valence-corrected chi connectivity index (χ4v) is 6.03. The molecule has 1 radical (unpaired) electrons. The standard InChI is InChI=1S/C20H16FN2O.C16H20NSi.Ir/c1-20(2,3)15-10-17(23-11-16(15)21)14-7-4-6-12-13-8-5-9-22-19(13)24-18(12)14;1-12-6-8-14(9-7-12)15-10-13(2)16(11-17-15)18(3,4)5;/h4-6,8-11H,1-3H3;6-8,10-11H,1-5H3;/q2*-1;/i;1D3,2D3;. The van der Waals surface area contributed by atoms with Crippen molar-refractivity contribution in [2.45, 2.75) is 59.5 Å². The zero-order valence-corrected chi connectivity index (χ0v) is 28.3. The molecule has 4 nitrogen and oxygen atoms in total. The Hall–Kier alpha value is -3.51. The van der Waals surface area contributed by atoms with Crippen molar-refractivity contribution in [3.05, 3.63) is 108 Å². The van der Waals surface area contributed by atoms with Gasteiger partial charge in [0.25, 0.3) is 0 Å². The molecule has 0 amide bonds. The van der Waals surface area contributed by atoms with Crippen LogP contribution in [0.15, 0.2) is 77.6 Å². The predicted molar refractivity (Wildman–Crippen MR) is 173 cm³/mol. The Morgan fingerprint density at radius 1 is 0.907 bits per heavy atom. The molecule has 0 unspecified atom stereocenters. The molecule has 6 aromatic rings. The van der Waals surface area contributed by atoms with Crippen LogP contribution in [0.4, 0.5) is 4.39 Å². The van der Waals surface area contributed by atoms with Crippen LogP contribution in [0.5, 0.6) is 0 Å². The van der Waals surface area contributed by atoms with Crippen molar-refractivity contribution in [1.29, 1.82) is 0 Å². The summed E-state index contributed by atoms with van der Waals surface area (Å²) in [6.45, 7) is 7.77. The minimum atomic E-state index is -2.22. The summed E-state index contributed by atoms with van der Waals surface area (Å²) < 4.78 is 65.7. The largest absolute Gasteiger partial charge is 0.486 e. The van der Waals surface area contributed by atoms with Crippen LogP contribution in [0.2, 0.25) is 19.6 Å². The van der Waals surface area contributed by atoms with Gasteiger partial charge >= 0.3 is 0 Å². The Morgan fingerprint density at radius 2 is 1.70 bits per heavy atom. The Labute approximate surface area is 276 Å². The van der Waals surface area contributed by atoms with Gasteiger partial charge in [0.15, 0.2) is 0 Å². The molecule has 0 fully saturated rings. The third-order valence-electron chi connectivity index (χ3n) is 6.93. The molecular weight excluding hydrogens is 730 g/mol. The van der Waals surface area contributed by atoms with Crippen molar-refractivity contribution < 1.29 is 37.1 Å². The number of aryl methyl sites for hydroxylation is 2. The van der Waals surface area contributed by atoms with Crippen molar-refractivity contribution in [3.63, 3.8) is 0 Å². The van der Waals surface area contributed by atoms with Crippen LogP contribution >= 0.6 is 0 Å². The zero-order chi connectivity index (χ0) is 35.2. The van der Waals surface area contributed by atoms with E-state index in [0.29, 0.717) is 39.4 Å². The van der Waals surface area contributed by atoms with Gasteiger partial charge in [-0.1, -0.05) is 75.9 Å². The first-order chi connectivity index (χ1) is 22.2. The van der Waals surface area contributed by atoms with Gasteiger partial charge in [0.2, 0.25) is 5.71 Å². The van der Waals surface area contributed by atoms with E-state index in [1.165, 1.54) is 18.3 Å². The maximum Gasteiger partial charge on any atom is 0.216 e. The number of hydrogen-bond acceptors (Lipinski definition) is 4. The topological polar surface area (TPSA) is 51.8 Å². The maximum absolute atomic E-state index is 14.2. The van der Waals surface area contributed by atoms with E-state index in [1.54, 1.807) is 30.6 Å². The van der Waals surface area contributed by atoms with Crippen LogP contribution in [0, 0.1) is 31.7 Å². The molecule has 223 valence electrons. The minimum Gasteiger partial charge on any atom is -0.486 e. The number of hydrogen-bond donors (Lipinski definition) is 0. The zero-order valence-electron chi connectivity index (χ0n) is 30.9. The van der Waals surface area contributed by atoms with Gasteiger partial charge in [0.05, 0.1) is 19.9 Å². The average Bonchev–Trinajstić information content (AvgIpc) is 3.39. The number of rotatable bonds is 3. The van der Waals surface area contributed by atoms with Gasteiger partial charge in [0.1, 0.15) is 5.82 Å². The van der Waals surface area contributed by atoms with E-state index in [-0.39, 0.29) is 36.9 Å². The van der Waals surface area contributed by atoms with E-state index in [2.05, 4.69) is 46.7 Å². The summed E-state index contributed by atoms with van der Waals surface area (Å²) in [6.07, 6.45) is 4.61. The molecule has 0 aliphatic heterocycles. The molecule has 6 rings (SSSR count). The van der Waals surface area contributed by atoms with Crippen LogP contribution < -0.4 is 5.19 Å². The fourth-order valence-electron chi connectivity index (χ4n) is 4.70. The SMILES string of the molecule is CC(C)(C)c1cc(-c2[c-]ccc3c2oc2ncccc23)ncc1F.[2H]C([2H])([2H])c1c[c-]c(-c2cc(C([2H])([2H])[2H])c([Si](C)(C)C)cn2)cc1.[Ir]. The van der Waals surface area contributed by atoms with Crippen molar-refractivity contribution in [2.75, 3.05) is 0 Å². The summed E-state index contributed by atoms with van der Waals surface area (Å²) >= 11 is 0. The van der Waals surface area contributed by atoms with E-state index < -0.39 is 21.8 Å². The first kappa shape index (κ1) is 24.9. The monoisotopic (exact) mass is 772 g/mol. The van der Waals surface area contributed by atoms with Crippen LogP contribution in [0.1, 0.15) is 45.7 Å². The Morgan fingerprint density at radius 3 is 2.37 bits per heavy atom. The molecule has 0 aliphatic rings. The molecule has 43 heavy (non-hydrogen) atoms. The number of fused-ring (bicyclic) bond motifs is 3. The molecule has 0 saturated heterocycles. The number of benzene rings is 2. The summed E-state index contributed by atoms with van der Waals surface area (Å²) in [5, 5.41) is 2.71. The first-order valence-corrected chi connectivity index (χ1v) is 17.1. The molecular formula is C36H36FIrN3OSi-2. The summed E-state index contributed by atoms with van der Waals surface area (Å²) in [6, 6.07) is 21.6.